The fourth-order valence-corrected chi connectivity index (χ4v) is 7.67. The van der Waals surface area contributed by atoms with Crippen molar-refractivity contribution in [3.05, 3.63) is 253 Å². The molecule has 9 rings (SSSR count). The van der Waals surface area contributed by atoms with Crippen LogP contribution in [0.4, 0.5) is 0 Å². The maximum absolute atomic E-state index is 3.40. The SMILES string of the molecule is C(#Cc1ccc(-c2c(-c3ccccc3)c(-c3ccccc3)c(-c3ccccc3)c(-c3ccccc3)c2-c2ccc(C#Cc3ccccc3)cc2)cc1)c1ccccc1. The van der Waals surface area contributed by atoms with E-state index in [1.165, 1.54) is 22.3 Å². The minimum Gasteiger partial charge on any atom is -0.0622 e. The van der Waals surface area contributed by atoms with E-state index in [0.717, 1.165) is 66.8 Å². The molecule has 0 radical (unpaired) electrons. The molecule has 0 N–H and O–H groups in total. The van der Waals surface area contributed by atoms with Crippen molar-refractivity contribution in [3.8, 4) is 90.4 Å². The molecule has 0 aliphatic heterocycles. The molecule has 9 aromatic carbocycles. The van der Waals surface area contributed by atoms with Gasteiger partial charge in [-0.2, -0.15) is 0 Å². The quantitative estimate of drug-likeness (QED) is 0.149. The van der Waals surface area contributed by atoms with Gasteiger partial charge < -0.3 is 0 Å². The van der Waals surface area contributed by atoms with Gasteiger partial charge in [0, 0.05) is 22.3 Å². The van der Waals surface area contributed by atoms with Gasteiger partial charge in [-0.15, -0.1) is 0 Å². The molecule has 0 heteroatoms. The van der Waals surface area contributed by atoms with Gasteiger partial charge in [-0.05, 0) is 115 Å². The smallest absolute Gasteiger partial charge is 0.0249 e. The minimum absolute atomic E-state index is 0.962. The van der Waals surface area contributed by atoms with Gasteiger partial charge >= 0.3 is 0 Å². The summed E-state index contributed by atoms with van der Waals surface area (Å²) in [5.41, 5.74) is 17.8. The molecule has 0 bridgehead atoms. The first-order valence-electron chi connectivity index (χ1n) is 19.6. The molecule has 0 saturated heterocycles. The maximum atomic E-state index is 3.40. The minimum atomic E-state index is 0.962. The zero-order valence-corrected chi connectivity index (χ0v) is 31.9. The van der Waals surface area contributed by atoms with Crippen LogP contribution in [0.5, 0.6) is 0 Å². The molecule has 58 heavy (non-hydrogen) atoms. The van der Waals surface area contributed by atoms with Gasteiger partial charge in [-0.1, -0.05) is 206 Å². The van der Waals surface area contributed by atoms with Gasteiger partial charge in [0.25, 0.3) is 0 Å². The van der Waals surface area contributed by atoms with Gasteiger partial charge in [0.05, 0.1) is 0 Å². The van der Waals surface area contributed by atoms with Crippen LogP contribution in [0.15, 0.2) is 231 Å². The highest BCUT2D eigenvalue weighted by Gasteiger charge is 2.29. The average Bonchev–Trinajstić information content (AvgIpc) is 3.31. The lowest BCUT2D eigenvalue weighted by Crippen LogP contribution is -2.02. The van der Waals surface area contributed by atoms with E-state index in [2.05, 4.69) is 194 Å². The maximum Gasteiger partial charge on any atom is 0.0249 e. The van der Waals surface area contributed by atoms with Gasteiger partial charge in [-0.25, -0.2) is 0 Å². The van der Waals surface area contributed by atoms with Crippen LogP contribution in [-0.4, -0.2) is 0 Å². The molecule has 0 heterocycles. The molecule has 9 aromatic rings. The van der Waals surface area contributed by atoms with Crippen molar-refractivity contribution in [2.45, 2.75) is 0 Å². The van der Waals surface area contributed by atoms with Gasteiger partial charge in [-0.3, -0.25) is 0 Å². The molecule has 0 atom stereocenters. The van der Waals surface area contributed by atoms with E-state index >= 15 is 0 Å². The highest BCUT2D eigenvalue weighted by molar-refractivity contribution is 6.15. The second-order valence-corrected chi connectivity index (χ2v) is 14.1. The van der Waals surface area contributed by atoms with Crippen LogP contribution >= 0.6 is 0 Å². The van der Waals surface area contributed by atoms with Crippen LogP contribution in [0.3, 0.4) is 0 Å². The number of hydrogen-bond acceptors (Lipinski definition) is 0. The summed E-state index contributed by atoms with van der Waals surface area (Å²) in [6.45, 7) is 0. The molecule has 0 nitrogen and oxygen atoms in total. The highest BCUT2D eigenvalue weighted by Crippen LogP contribution is 2.55. The first kappa shape index (κ1) is 35.8. The van der Waals surface area contributed by atoms with Crippen molar-refractivity contribution in [3.63, 3.8) is 0 Å². The van der Waals surface area contributed by atoms with Crippen LogP contribution in [-0.2, 0) is 0 Å². The zero-order chi connectivity index (χ0) is 38.9. The predicted octanol–water partition coefficient (Wildman–Crippen LogP) is 14.5. The molecule has 0 spiro atoms. The average molecular weight is 735 g/mol. The van der Waals surface area contributed by atoms with E-state index in [1.807, 2.05) is 60.7 Å². The first-order chi connectivity index (χ1) is 28.8. The van der Waals surface area contributed by atoms with Crippen molar-refractivity contribution in [1.29, 1.82) is 0 Å². The monoisotopic (exact) mass is 734 g/mol. The second kappa shape index (κ2) is 16.9. The molecule has 0 aliphatic carbocycles. The lowest BCUT2D eigenvalue weighted by atomic mass is 9.74. The topological polar surface area (TPSA) is 0 Å². The Kier molecular flexibility index (Phi) is 10.4. The molecule has 0 fully saturated rings. The zero-order valence-electron chi connectivity index (χ0n) is 31.9. The first-order valence-corrected chi connectivity index (χ1v) is 19.6. The Labute approximate surface area is 341 Å². The van der Waals surface area contributed by atoms with Crippen LogP contribution in [0.2, 0.25) is 0 Å². The number of rotatable bonds is 6. The summed E-state index contributed by atoms with van der Waals surface area (Å²) in [5, 5.41) is 0. The summed E-state index contributed by atoms with van der Waals surface area (Å²) in [5.74, 6) is 13.5. The van der Waals surface area contributed by atoms with E-state index in [-0.39, 0.29) is 0 Å². The summed E-state index contributed by atoms with van der Waals surface area (Å²) in [6, 6.07) is 81.4. The van der Waals surface area contributed by atoms with E-state index < -0.39 is 0 Å². The molecular weight excluding hydrogens is 697 g/mol. The summed E-state index contributed by atoms with van der Waals surface area (Å²) >= 11 is 0. The third-order valence-electron chi connectivity index (χ3n) is 10.3. The molecular formula is C58H38. The molecule has 0 aromatic heterocycles. The van der Waals surface area contributed by atoms with E-state index in [1.54, 1.807) is 0 Å². The van der Waals surface area contributed by atoms with Crippen molar-refractivity contribution < 1.29 is 0 Å². The van der Waals surface area contributed by atoms with Crippen molar-refractivity contribution in [2.24, 2.45) is 0 Å². The molecule has 270 valence electrons. The van der Waals surface area contributed by atoms with Crippen molar-refractivity contribution in [2.75, 3.05) is 0 Å². The van der Waals surface area contributed by atoms with Crippen LogP contribution in [0, 0.1) is 23.7 Å². The molecule has 0 amide bonds. The summed E-state index contributed by atoms with van der Waals surface area (Å²) < 4.78 is 0. The Morgan fingerprint density at radius 3 is 0.552 bits per heavy atom. The Morgan fingerprint density at radius 1 is 0.155 bits per heavy atom. The van der Waals surface area contributed by atoms with Gasteiger partial charge in [0.1, 0.15) is 0 Å². The summed E-state index contributed by atoms with van der Waals surface area (Å²) in [6.07, 6.45) is 0. The molecule has 0 aliphatic rings. The third-order valence-corrected chi connectivity index (χ3v) is 10.3. The summed E-state index contributed by atoms with van der Waals surface area (Å²) in [7, 11) is 0. The molecule has 0 unspecified atom stereocenters. The largest absolute Gasteiger partial charge is 0.0622 e. The predicted molar refractivity (Wildman–Crippen MR) is 244 cm³/mol. The van der Waals surface area contributed by atoms with E-state index in [9.17, 15) is 0 Å². The van der Waals surface area contributed by atoms with Crippen LogP contribution < -0.4 is 0 Å². The lowest BCUT2D eigenvalue weighted by Gasteiger charge is -2.28. The van der Waals surface area contributed by atoms with E-state index in [4.69, 9.17) is 0 Å². The number of benzene rings is 9. The van der Waals surface area contributed by atoms with Gasteiger partial charge in [0.2, 0.25) is 0 Å². The molecule has 0 saturated carbocycles. The van der Waals surface area contributed by atoms with Crippen molar-refractivity contribution in [1.82, 2.24) is 0 Å². The second-order valence-electron chi connectivity index (χ2n) is 14.1. The normalized spacial score (nSPS) is 10.5. The fraction of sp³-hybridized carbons (Fsp3) is 0. The standard InChI is InChI=1S/C58H38/c1-7-19-43(20-8-1)31-33-45-35-39-51(40-36-45)57-55(49-27-15-5-16-28-49)53(47-23-11-3-12-24-47)54(48-25-13-4-14-26-48)56(50-29-17-6-18-30-50)58(57)52-41-37-46(38-42-52)34-32-44-21-9-2-10-22-44/h1-30,35-42H. The Hall–Kier alpha value is -7.90. The fourth-order valence-electron chi connectivity index (χ4n) is 7.67. The van der Waals surface area contributed by atoms with Crippen LogP contribution in [0.25, 0.3) is 66.8 Å². The Balaban J connectivity index is 1.40. The Bertz CT molecular complexity index is 2700. The van der Waals surface area contributed by atoms with Gasteiger partial charge in [0.15, 0.2) is 0 Å². The highest BCUT2D eigenvalue weighted by atomic mass is 14.3. The third kappa shape index (κ3) is 7.65. The Morgan fingerprint density at radius 2 is 0.328 bits per heavy atom. The van der Waals surface area contributed by atoms with Crippen molar-refractivity contribution >= 4 is 0 Å². The lowest BCUT2D eigenvalue weighted by molar-refractivity contribution is 1.51. The summed E-state index contributed by atoms with van der Waals surface area (Å²) in [4.78, 5) is 0. The number of hydrogen-bond donors (Lipinski definition) is 0. The van der Waals surface area contributed by atoms with Crippen LogP contribution in [0.1, 0.15) is 22.3 Å². The van der Waals surface area contributed by atoms with E-state index in [0.29, 0.717) is 0 Å².